The molecule has 4 rings (SSSR count). The highest BCUT2D eigenvalue weighted by atomic mass is 32.2. The number of nitrogens with one attached hydrogen (secondary N) is 1. The van der Waals surface area contributed by atoms with E-state index >= 15 is 0 Å². The molecule has 2 aromatic rings. The van der Waals surface area contributed by atoms with Crippen LogP contribution in [0.15, 0.2) is 47.4 Å². The molecule has 0 saturated carbocycles. The highest BCUT2D eigenvalue weighted by Gasteiger charge is 2.42. The van der Waals surface area contributed by atoms with E-state index in [0.717, 1.165) is 49.3 Å². The minimum Gasteiger partial charge on any atom is -0.497 e. The second kappa shape index (κ2) is 9.06. The van der Waals surface area contributed by atoms with E-state index in [1.54, 1.807) is 45.6 Å². The zero-order valence-electron chi connectivity index (χ0n) is 18.2. The second-order valence-electron chi connectivity index (χ2n) is 8.20. The van der Waals surface area contributed by atoms with Crippen molar-refractivity contribution in [2.24, 2.45) is 0 Å². The maximum absolute atomic E-state index is 12.9. The number of fused-ring (bicyclic) bond motifs is 2. The fourth-order valence-corrected chi connectivity index (χ4v) is 6.11. The first kappa shape index (κ1) is 21.9. The maximum Gasteiger partial charge on any atom is 0.240 e. The van der Waals surface area contributed by atoms with Gasteiger partial charge in [0.2, 0.25) is 10.0 Å². The zero-order chi connectivity index (χ0) is 22.0. The van der Waals surface area contributed by atoms with Crippen molar-refractivity contribution < 1.29 is 22.6 Å². The summed E-state index contributed by atoms with van der Waals surface area (Å²) in [5.41, 5.74) is 1.12. The van der Waals surface area contributed by atoms with Crippen LogP contribution in [0, 0.1) is 0 Å². The molecule has 7 nitrogen and oxygen atoms in total. The molecule has 31 heavy (non-hydrogen) atoms. The van der Waals surface area contributed by atoms with Crippen molar-refractivity contribution in [2.75, 3.05) is 21.3 Å². The topological polar surface area (TPSA) is 77.1 Å². The lowest BCUT2D eigenvalue weighted by Crippen LogP contribution is -2.49. The molecule has 2 bridgehead atoms. The first-order chi connectivity index (χ1) is 14.9. The van der Waals surface area contributed by atoms with Crippen molar-refractivity contribution in [2.45, 2.75) is 55.2 Å². The third-order valence-corrected chi connectivity index (χ3v) is 7.96. The molecule has 2 saturated heterocycles. The Morgan fingerprint density at radius 1 is 0.903 bits per heavy atom. The standard InChI is InChI=1S/C23H30N2O5S/c1-28-20-8-10-22(11-9-20)31(26,27)24-17-12-18-5-6-19(13-17)25(18)15-16-4-7-21(29-2)14-23(16)30-3/h4,7-11,14,17-19,24H,5-6,12-13,15H2,1-3H3. The van der Waals surface area contributed by atoms with Crippen molar-refractivity contribution in [1.29, 1.82) is 0 Å². The van der Waals surface area contributed by atoms with E-state index in [4.69, 9.17) is 14.2 Å². The van der Waals surface area contributed by atoms with Gasteiger partial charge in [-0.3, -0.25) is 4.90 Å². The molecule has 2 unspecified atom stereocenters. The van der Waals surface area contributed by atoms with Crippen molar-refractivity contribution in [3.63, 3.8) is 0 Å². The zero-order valence-corrected chi connectivity index (χ0v) is 19.0. The first-order valence-corrected chi connectivity index (χ1v) is 12.0. The van der Waals surface area contributed by atoms with Crippen LogP contribution < -0.4 is 18.9 Å². The lowest BCUT2D eigenvalue weighted by atomic mass is 9.97. The Labute approximate surface area is 184 Å². The summed E-state index contributed by atoms with van der Waals surface area (Å²) in [7, 11) is 1.32. The van der Waals surface area contributed by atoms with Crippen molar-refractivity contribution >= 4 is 10.0 Å². The summed E-state index contributed by atoms with van der Waals surface area (Å²) in [5.74, 6) is 2.23. The van der Waals surface area contributed by atoms with E-state index in [0.29, 0.717) is 17.8 Å². The number of nitrogens with zero attached hydrogens (tertiary/aromatic N) is 1. The molecule has 0 radical (unpaired) electrons. The van der Waals surface area contributed by atoms with Crippen LogP contribution in [-0.2, 0) is 16.6 Å². The molecular weight excluding hydrogens is 416 g/mol. The summed E-state index contributed by atoms with van der Waals surface area (Å²) in [6.07, 6.45) is 3.79. The average molecular weight is 447 g/mol. The van der Waals surface area contributed by atoms with E-state index in [9.17, 15) is 8.42 Å². The Balaban J connectivity index is 1.43. The third-order valence-electron chi connectivity index (χ3n) is 6.42. The number of hydrogen-bond donors (Lipinski definition) is 1. The molecule has 0 aliphatic carbocycles. The Hall–Kier alpha value is -2.29. The van der Waals surface area contributed by atoms with Gasteiger partial charge in [-0.2, -0.15) is 0 Å². The Kier molecular flexibility index (Phi) is 6.41. The molecule has 2 aliphatic rings. The summed E-state index contributed by atoms with van der Waals surface area (Å²) >= 11 is 0. The summed E-state index contributed by atoms with van der Waals surface area (Å²) < 4.78 is 44.6. The van der Waals surface area contributed by atoms with E-state index in [2.05, 4.69) is 15.7 Å². The van der Waals surface area contributed by atoms with E-state index in [1.807, 2.05) is 12.1 Å². The van der Waals surface area contributed by atoms with Gasteiger partial charge in [0.15, 0.2) is 0 Å². The van der Waals surface area contributed by atoms with Crippen LogP contribution in [0.3, 0.4) is 0 Å². The Morgan fingerprint density at radius 2 is 1.52 bits per heavy atom. The van der Waals surface area contributed by atoms with Gasteiger partial charge in [-0.1, -0.05) is 6.07 Å². The smallest absolute Gasteiger partial charge is 0.240 e. The molecule has 2 heterocycles. The van der Waals surface area contributed by atoms with Gasteiger partial charge < -0.3 is 14.2 Å². The maximum atomic E-state index is 12.9. The molecule has 2 fully saturated rings. The van der Waals surface area contributed by atoms with Crippen LogP contribution in [0.2, 0.25) is 0 Å². The fraction of sp³-hybridized carbons (Fsp3) is 0.478. The molecule has 168 valence electrons. The van der Waals surface area contributed by atoms with Gasteiger partial charge in [0.1, 0.15) is 17.2 Å². The summed E-state index contributed by atoms with van der Waals surface area (Å²) in [6.45, 7) is 0.792. The fourth-order valence-electron chi connectivity index (χ4n) is 4.85. The molecule has 1 N–H and O–H groups in total. The quantitative estimate of drug-likeness (QED) is 0.671. The van der Waals surface area contributed by atoms with E-state index in [1.165, 1.54) is 0 Å². The number of rotatable bonds is 8. The van der Waals surface area contributed by atoms with Gasteiger partial charge >= 0.3 is 0 Å². The average Bonchev–Trinajstić information content (AvgIpc) is 3.01. The van der Waals surface area contributed by atoms with Crippen LogP contribution >= 0.6 is 0 Å². The van der Waals surface area contributed by atoms with Crippen molar-refractivity contribution in [3.05, 3.63) is 48.0 Å². The molecular formula is C23H30N2O5S. The van der Waals surface area contributed by atoms with Crippen molar-refractivity contribution in [3.8, 4) is 17.2 Å². The highest BCUT2D eigenvalue weighted by Crippen LogP contribution is 2.38. The van der Waals surface area contributed by atoms with Crippen LogP contribution in [0.5, 0.6) is 17.2 Å². The van der Waals surface area contributed by atoms with Gasteiger partial charge in [-0.15, -0.1) is 0 Å². The molecule has 0 amide bonds. The van der Waals surface area contributed by atoms with Gasteiger partial charge in [-0.25, -0.2) is 13.1 Å². The minimum atomic E-state index is -3.56. The summed E-state index contributed by atoms with van der Waals surface area (Å²) in [5, 5.41) is 0. The van der Waals surface area contributed by atoms with Gasteiger partial charge in [-0.05, 0) is 56.0 Å². The van der Waals surface area contributed by atoms with Crippen LogP contribution in [0.4, 0.5) is 0 Å². The third kappa shape index (κ3) is 4.66. The van der Waals surface area contributed by atoms with Gasteiger partial charge in [0.05, 0.1) is 26.2 Å². The van der Waals surface area contributed by atoms with Crippen LogP contribution in [0.25, 0.3) is 0 Å². The molecule has 2 aromatic carbocycles. The predicted octanol–water partition coefficient (Wildman–Crippen LogP) is 3.19. The second-order valence-corrected chi connectivity index (χ2v) is 9.91. The number of benzene rings is 2. The predicted molar refractivity (Wildman–Crippen MR) is 118 cm³/mol. The lowest BCUT2D eigenvalue weighted by molar-refractivity contribution is 0.114. The van der Waals surface area contributed by atoms with Crippen LogP contribution in [-0.4, -0.2) is 52.8 Å². The molecule has 2 aliphatic heterocycles. The number of hydrogen-bond acceptors (Lipinski definition) is 6. The van der Waals surface area contributed by atoms with E-state index < -0.39 is 10.0 Å². The minimum absolute atomic E-state index is 0.0568. The lowest BCUT2D eigenvalue weighted by Gasteiger charge is -2.39. The molecule has 0 spiro atoms. The number of ether oxygens (including phenoxy) is 3. The Morgan fingerprint density at radius 3 is 2.10 bits per heavy atom. The largest absolute Gasteiger partial charge is 0.497 e. The number of sulfonamides is 1. The Bertz CT molecular complexity index is 995. The van der Waals surface area contributed by atoms with Crippen molar-refractivity contribution in [1.82, 2.24) is 9.62 Å². The van der Waals surface area contributed by atoms with Gasteiger partial charge in [0.25, 0.3) is 0 Å². The monoisotopic (exact) mass is 446 g/mol. The highest BCUT2D eigenvalue weighted by molar-refractivity contribution is 7.89. The SMILES string of the molecule is COc1ccc(S(=O)(=O)NC2CC3CCC(C2)N3Cc2ccc(OC)cc2OC)cc1. The van der Waals surface area contributed by atoms with Crippen LogP contribution in [0.1, 0.15) is 31.2 Å². The summed E-state index contributed by atoms with van der Waals surface area (Å²) in [6, 6.07) is 13.1. The normalized spacial score (nSPS) is 23.5. The van der Waals surface area contributed by atoms with Gasteiger partial charge in [0, 0.05) is 36.3 Å². The molecule has 8 heteroatoms. The summed E-state index contributed by atoms with van der Waals surface area (Å²) in [4.78, 5) is 2.77. The number of piperidine rings is 1. The molecule has 2 atom stereocenters. The first-order valence-electron chi connectivity index (χ1n) is 10.6. The van der Waals surface area contributed by atoms with E-state index in [-0.39, 0.29) is 10.9 Å². The molecule has 0 aromatic heterocycles. The number of methoxy groups -OCH3 is 3.